The van der Waals surface area contributed by atoms with Gasteiger partial charge in [0.15, 0.2) is 0 Å². The fourth-order valence-corrected chi connectivity index (χ4v) is 4.14. The van der Waals surface area contributed by atoms with E-state index in [1.165, 1.54) is 4.57 Å². The minimum atomic E-state index is -0.207. The van der Waals surface area contributed by atoms with Crippen molar-refractivity contribution in [2.45, 2.75) is 6.92 Å². The van der Waals surface area contributed by atoms with Crippen LogP contribution in [-0.2, 0) is 4.79 Å². The second-order valence-corrected chi connectivity index (χ2v) is 7.45. The Hall–Kier alpha value is -4.19. The van der Waals surface area contributed by atoms with Crippen molar-refractivity contribution in [3.05, 3.63) is 94.5 Å². The first-order chi connectivity index (χ1) is 15.6. The zero-order valence-electron chi connectivity index (χ0n) is 17.8. The number of carbonyl (C=O) groups excluding carboxylic acids is 1. The van der Waals surface area contributed by atoms with Crippen LogP contribution in [0, 0.1) is 0 Å². The van der Waals surface area contributed by atoms with E-state index >= 15 is 0 Å². The Morgan fingerprint density at radius 2 is 1.75 bits per heavy atom. The molecule has 1 amide bonds. The Morgan fingerprint density at radius 1 is 0.969 bits per heavy atom. The maximum absolute atomic E-state index is 13.5. The van der Waals surface area contributed by atoms with Crippen molar-refractivity contribution in [2.24, 2.45) is 0 Å². The van der Waals surface area contributed by atoms with Gasteiger partial charge in [-0.2, -0.15) is 0 Å². The van der Waals surface area contributed by atoms with Gasteiger partial charge in [-0.15, -0.1) is 0 Å². The van der Waals surface area contributed by atoms with Crippen molar-refractivity contribution in [1.29, 1.82) is 0 Å². The highest BCUT2D eigenvalue weighted by Crippen LogP contribution is 2.37. The van der Waals surface area contributed by atoms with E-state index in [-0.39, 0.29) is 11.5 Å². The number of ether oxygens (including phenoxy) is 1. The van der Waals surface area contributed by atoms with E-state index in [0.29, 0.717) is 40.3 Å². The molecule has 0 N–H and O–H groups in total. The lowest BCUT2D eigenvalue weighted by Crippen LogP contribution is -2.26. The molecule has 1 aliphatic rings. The number of anilines is 1. The number of hydrogen-bond donors (Lipinski definition) is 0. The Labute approximate surface area is 185 Å². The van der Waals surface area contributed by atoms with Crippen LogP contribution in [0.2, 0.25) is 0 Å². The number of hydrogen-bond acceptors (Lipinski definition) is 4. The highest BCUT2D eigenvalue weighted by atomic mass is 16.5. The SMILES string of the molecule is CCN1C(=O)/C(=C/c2nc3ccccc3c(=O)n2-c2cccc(OC)c2)c2ccccc21. The highest BCUT2D eigenvalue weighted by molar-refractivity contribution is 6.35. The van der Waals surface area contributed by atoms with Crippen molar-refractivity contribution >= 4 is 34.1 Å². The van der Waals surface area contributed by atoms with Gasteiger partial charge in [-0.3, -0.25) is 14.2 Å². The first-order valence-electron chi connectivity index (χ1n) is 10.4. The van der Waals surface area contributed by atoms with Crippen LogP contribution in [0.1, 0.15) is 18.3 Å². The summed E-state index contributed by atoms with van der Waals surface area (Å²) >= 11 is 0. The van der Waals surface area contributed by atoms with E-state index in [0.717, 1.165) is 11.3 Å². The number of para-hydroxylation sites is 2. The minimum absolute atomic E-state index is 0.103. The maximum Gasteiger partial charge on any atom is 0.266 e. The van der Waals surface area contributed by atoms with Crippen molar-refractivity contribution in [3.8, 4) is 11.4 Å². The van der Waals surface area contributed by atoms with Gasteiger partial charge in [-0.05, 0) is 43.3 Å². The first kappa shape index (κ1) is 19.8. The van der Waals surface area contributed by atoms with Crippen molar-refractivity contribution in [2.75, 3.05) is 18.6 Å². The third-order valence-electron chi connectivity index (χ3n) is 5.66. The van der Waals surface area contributed by atoms with Gasteiger partial charge in [0, 0.05) is 18.2 Å². The van der Waals surface area contributed by atoms with Crippen molar-refractivity contribution in [1.82, 2.24) is 9.55 Å². The lowest BCUT2D eigenvalue weighted by molar-refractivity contribution is -0.112. The van der Waals surface area contributed by atoms with Crippen LogP contribution in [-0.4, -0.2) is 29.1 Å². The molecule has 0 saturated heterocycles. The zero-order valence-corrected chi connectivity index (χ0v) is 17.8. The van der Waals surface area contributed by atoms with E-state index in [2.05, 4.69) is 0 Å². The number of fused-ring (bicyclic) bond motifs is 2. The fraction of sp³-hybridized carbons (Fsp3) is 0.115. The lowest BCUT2D eigenvalue weighted by atomic mass is 10.1. The minimum Gasteiger partial charge on any atom is -0.497 e. The summed E-state index contributed by atoms with van der Waals surface area (Å²) in [6.07, 6.45) is 1.71. The second kappa shape index (κ2) is 7.81. The van der Waals surface area contributed by atoms with Crippen LogP contribution in [0.5, 0.6) is 5.75 Å². The summed E-state index contributed by atoms with van der Waals surface area (Å²) in [5.74, 6) is 0.909. The molecule has 0 bridgehead atoms. The number of benzene rings is 3. The number of aromatic nitrogens is 2. The standard InChI is InChI=1S/C26H21N3O3/c1-3-28-23-14-7-5-11-19(23)21(25(28)30)16-24-27-22-13-6-4-12-20(22)26(31)29(24)17-9-8-10-18(15-17)32-2/h4-16H,3H2,1-2H3/b21-16+. The van der Waals surface area contributed by atoms with Gasteiger partial charge in [0.25, 0.3) is 11.5 Å². The van der Waals surface area contributed by atoms with E-state index in [1.807, 2.05) is 61.5 Å². The molecular formula is C26H21N3O3. The topological polar surface area (TPSA) is 64.4 Å². The molecule has 5 rings (SSSR count). The normalized spacial score (nSPS) is 14.2. The van der Waals surface area contributed by atoms with Crippen LogP contribution >= 0.6 is 0 Å². The molecule has 0 fully saturated rings. The number of amides is 1. The quantitative estimate of drug-likeness (QED) is 0.459. The van der Waals surface area contributed by atoms with E-state index < -0.39 is 0 Å². The largest absolute Gasteiger partial charge is 0.497 e. The van der Waals surface area contributed by atoms with E-state index in [1.54, 1.807) is 36.3 Å². The molecule has 6 heteroatoms. The summed E-state index contributed by atoms with van der Waals surface area (Å²) in [7, 11) is 1.58. The van der Waals surface area contributed by atoms with Crippen LogP contribution in [0.3, 0.4) is 0 Å². The smallest absolute Gasteiger partial charge is 0.266 e. The van der Waals surface area contributed by atoms with Crippen LogP contribution in [0.4, 0.5) is 5.69 Å². The zero-order chi connectivity index (χ0) is 22.2. The van der Waals surface area contributed by atoms with E-state index in [9.17, 15) is 9.59 Å². The van der Waals surface area contributed by atoms with Gasteiger partial charge in [0.2, 0.25) is 0 Å². The number of methoxy groups -OCH3 is 1. The summed E-state index contributed by atoms with van der Waals surface area (Å²) in [6, 6.07) is 22.1. The highest BCUT2D eigenvalue weighted by Gasteiger charge is 2.31. The second-order valence-electron chi connectivity index (χ2n) is 7.45. The molecule has 32 heavy (non-hydrogen) atoms. The molecule has 0 radical (unpaired) electrons. The number of likely N-dealkylation sites (N-methyl/N-ethyl adjacent to an activating group) is 1. The Kier molecular flexibility index (Phi) is 4.82. The predicted octanol–water partition coefficient (Wildman–Crippen LogP) is 4.30. The Morgan fingerprint density at radius 3 is 2.56 bits per heavy atom. The predicted molar refractivity (Wildman–Crippen MR) is 126 cm³/mol. The Bertz CT molecular complexity index is 1450. The van der Waals surface area contributed by atoms with Crippen molar-refractivity contribution in [3.63, 3.8) is 0 Å². The maximum atomic E-state index is 13.5. The van der Waals surface area contributed by atoms with Gasteiger partial charge in [0.05, 0.1) is 35.0 Å². The summed E-state index contributed by atoms with van der Waals surface area (Å²) in [6.45, 7) is 2.50. The number of carbonyl (C=O) groups is 1. The molecule has 0 unspecified atom stereocenters. The number of nitrogens with zero attached hydrogens (tertiary/aromatic N) is 3. The van der Waals surface area contributed by atoms with Gasteiger partial charge >= 0.3 is 0 Å². The van der Waals surface area contributed by atoms with E-state index in [4.69, 9.17) is 9.72 Å². The van der Waals surface area contributed by atoms with Crippen LogP contribution < -0.4 is 15.2 Å². The van der Waals surface area contributed by atoms with Gasteiger partial charge in [-0.1, -0.05) is 36.4 Å². The van der Waals surface area contributed by atoms with Gasteiger partial charge in [-0.25, -0.2) is 4.98 Å². The average Bonchev–Trinajstić information content (AvgIpc) is 3.10. The third-order valence-corrected chi connectivity index (χ3v) is 5.66. The molecule has 4 aromatic rings. The molecule has 1 aromatic heterocycles. The molecule has 3 aromatic carbocycles. The first-order valence-corrected chi connectivity index (χ1v) is 10.4. The monoisotopic (exact) mass is 423 g/mol. The fourth-order valence-electron chi connectivity index (χ4n) is 4.14. The van der Waals surface area contributed by atoms with Gasteiger partial charge < -0.3 is 9.64 Å². The molecule has 0 saturated carbocycles. The van der Waals surface area contributed by atoms with Gasteiger partial charge in [0.1, 0.15) is 11.6 Å². The van der Waals surface area contributed by atoms with Crippen molar-refractivity contribution < 1.29 is 9.53 Å². The summed E-state index contributed by atoms with van der Waals surface area (Å²) < 4.78 is 6.89. The Balaban J connectivity index is 1.81. The molecule has 0 aliphatic carbocycles. The molecule has 2 heterocycles. The average molecular weight is 423 g/mol. The summed E-state index contributed by atoms with van der Waals surface area (Å²) in [4.78, 5) is 33.2. The third kappa shape index (κ3) is 3.08. The molecular weight excluding hydrogens is 402 g/mol. The van der Waals surface area contributed by atoms with Crippen LogP contribution in [0.25, 0.3) is 28.2 Å². The lowest BCUT2D eigenvalue weighted by Gasteiger charge is -2.14. The molecule has 0 spiro atoms. The molecule has 0 atom stereocenters. The van der Waals surface area contributed by atoms with Crippen LogP contribution in [0.15, 0.2) is 77.6 Å². The molecule has 6 nitrogen and oxygen atoms in total. The number of rotatable bonds is 4. The summed E-state index contributed by atoms with van der Waals surface area (Å²) in [5, 5.41) is 0.505. The summed E-state index contributed by atoms with van der Waals surface area (Å²) in [5.41, 5.74) is 3.20. The molecule has 158 valence electrons. The molecule has 1 aliphatic heterocycles.